The number of sulfone groups is 1. The van der Waals surface area contributed by atoms with Gasteiger partial charge in [0, 0.05) is 37.3 Å². The summed E-state index contributed by atoms with van der Waals surface area (Å²) < 4.78 is 23.5. The van der Waals surface area contributed by atoms with Crippen LogP contribution in [0.1, 0.15) is 44.9 Å². The van der Waals surface area contributed by atoms with Gasteiger partial charge in [-0.05, 0) is 25.7 Å². The summed E-state index contributed by atoms with van der Waals surface area (Å²) in [6.07, 6.45) is 7.82. The minimum atomic E-state index is -3.17. The molecule has 0 aromatic carbocycles. The fourth-order valence-corrected chi connectivity index (χ4v) is 5.72. The van der Waals surface area contributed by atoms with E-state index < -0.39 is 14.6 Å². The van der Waals surface area contributed by atoms with E-state index in [4.69, 9.17) is 5.73 Å². The number of hydrogen-bond donors (Lipinski definition) is 2. The van der Waals surface area contributed by atoms with Gasteiger partial charge in [-0.25, -0.2) is 13.2 Å². The van der Waals surface area contributed by atoms with Gasteiger partial charge in [-0.1, -0.05) is 19.3 Å². The number of nitrogens with two attached hydrogens (primary N) is 1. The molecule has 0 bridgehead atoms. The molecular formula is C15H27N3O3S. The van der Waals surface area contributed by atoms with Gasteiger partial charge in [-0.3, -0.25) is 0 Å². The Labute approximate surface area is 132 Å². The SMILES string of the molecule is CS(=O)(=O)C1(CNC(=O)N2CC(N)C3(CCC3)C2)CCCC1. The summed E-state index contributed by atoms with van der Waals surface area (Å²) in [6, 6.07) is -0.100. The lowest BCUT2D eigenvalue weighted by Crippen LogP contribution is -2.50. The van der Waals surface area contributed by atoms with Gasteiger partial charge >= 0.3 is 6.03 Å². The van der Waals surface area contributed by atoms with E-state index >= 15 is 0 Å². The smallest absolute Gasteiger partial charge is 0.317 e. The van der Waals surface area contributed by atoms with Crippen LogP contribution in [0.25, 0.3) is 0 Å². The number of urea groups is 1. The van der Waals surface area contributed by atoms with E-state index in [0.717, 1.165) is 25.7 Å². The predicted molar refractivity (Wildman–Crippen MR) is 85.3 cm³/mol. The first-order valence-electron chi connectivity index (χ1n) is 8.26. The van der Waals surface area contributed by atoms with E-state index in [1.165, 1.54) is 12.7 Å². The Morgan fingerprint density at radius 3 is 2.32 bits per heavy atom. The van der Waals surface area contributed by atoms with Crippen molar-refractivity contribution in [3.63, 3.8) is 0 Å². The molecular weight excluding hydrogens is 302 g/mol. The molecule has 0 aromatic rings. The van der Waals surface area contributed by atoms with Gasteiger partial charge in [-0.15, -0.1) is 0 Å². The molecule has 2 saturated carbocycles. The van der Waals surface area contributed by atoms with Crippen molar-refractivity contribution in [1.29, 1.82) is 0 Å². The van der Waals surface area contributed by atoms with Crippen LogP contribution in [0.5, 0.6) is 0 Å². The third-order valence-electron chi connectivity index (χ3n) is 6.21. The number of carbonyl (C=O) groups is 1. The molecule has 1 unspecified atom stereocenters. The molecule has 1 aliphatic heterocycles. The van der Waals surface area contributed by atoms with Crippen LogP contribution < -0.4 is 11.1 Å². The van der Waals surface area contributed by atoms with Crippen molar-refractivity contribution in [1.82, 2.24) is 10.2 Å². The highest BCUT2D eigenvalue weighted by Gasteiger charge is 2.50. The number of likely N-dealkylation sites (tertiary alicyclic amines) is 1. The summed E-state index contributed by atoms with van der Waals surface area (Å²) >= 11 is 0. The molecule has 7 heteroatoms. The Kier molecular flexibility index (Phi) is 3.92. The van der Waals surface area contributed by atoms with Crippen LogP contribution in [0.4, 0.5) is 4.79 Å². The van der Waals surface area contributed by atoms with Crippen molar-refractivity contribution in [3.8, 4) is 0 Å². The first kappa shape index (κ1) is 16.1. The topological polar surface area (TPSA) is 92.5 Å². The van der Waals surface area contributed by atoms with Gasteiger partial charge in [0.05, 0.1) is 4.75 Å². The van der Waals surface area contributed by atoms with Crippen LogP contribution in [-0.2, 0) is 9.84 Å². The third-order valence-corrected chi connectivity index (χ3v) is 8.33. The highest BCUT2D eigenvalue weighted by molar-refractivity contribution is 7.92. The van der Waals surface area contributed by atoms with Gasteiger partial charge < -0.3 is 16.0 Å². The van der Waals surface area contributed by atoms with Crippen LogP contribution >= 0.6 is 0 Å². The fraction of sp³-hybridized carbons (Fsp3) is 0.933. The van der Waals surface area contributed by atoms with E-state index in [2.05, 4.69) is 5.32 Å². The van der Waals surface area contributed by atoms with Crippen LogP contribution in [0.3, 0.4) is 0 Å². The first-order chi connectivity index (χ1) is 10.3. The van der Waals surface area contributed by atoms with Crippen LogP contribution in [0.15, 0.2) is 0 Å². The standard InChI is InChI=1S/C15H27N3O3S/c1-22(20,21)15(7-2-3-8-15)10-17-13(19)18-9-12(16)14(11-18)5-4-6-14/h12H,2-11,16H2,1H3,(H,17,19). The second kappa shape index (κ2) is 5.37. The fourth-order valence-electron chi connectivity index (χ4n) is 4.35. The molecule has 1 saturated heterocycles. The molecule has 2 amide bonds. The number of carbonyl (C=O) groups excluding carboxylic acids is 1. The molecule has 1 spiro atoms. The summed E-state index contributed by atoms with van der Waals surface area (Å²) in [5, 5.41) is 2.87. The maximum Gasteiger partial charge on any atom is 0.317 e. The molecule has 2 aliphatic carbocycles. The minimum Gasteiger partial charge on any atom is -0.336 e. The quantitative estimate of drug-likeness (QED) is 0.803. The first-order valence-corrected chi connectivity index (χ1v) is 10.2. The number of amides is 2. The van der Waals surface area contributed by atoms with Crippen molar-refractivity contribution in [2.45, 2.75) is 55.7 Å². The Hall–Kier alpha value is -0.820. The molecule has 0 radical (unpaired) electrons. The zero-order valence-electron chi connectivity index (χ0n) is 13.3. The average molecular weight is 329 g/mol. The predicted octanol–water partition coefficient (Wildman–Crippen LogP) is 0.867. The van der Waals surface area contributed by atoms with Crippen LogP contribution in [0, 0.1) is 5.41 Å². The highest BCUT2D eigenvalue weighted by Crippen LogP contribution is 2.47. The molecule has 1 atom stereocenters. The second-order valence-electron chi connectivity index (χ2n) is 7.52. The Balaban J connectivity index is 1.61. The molecule has 126 valence electrons. The molecule has 3 N–H and O–H groups in total. The number of hydrogen-bond acceptors (Lipinski definition) is 4. The maximum atomic E-state index is 12.4. The van der Waals surface area contributed by atoms with E-state index in [1.54, 1.807) is 4.90 Å². The maximum absolute atomic E-state index is 12.4. The monoisotopic (exact) mass is 329 g/mol. The lowest BCUT2D eigenvalue weighted by molar-refractivity contribution is 0.125. The Morgan fingerprint density at radius 2 is 1.86 bits per heavy atom. The van der Waals surface area contributed by atoms with Gasteiger partial charge in [0.1, 0.15) is 0 Å². The van der Waals surface area contributed by atoms with Crippen LogP contribution in [-0.4, -0.2) is 56.0 Å². The van der Waals surface area contributed by atoms with Gasteiger partial charge in [0.25, 0.3) is 0 Å². The van der Waals surface area contributed by atoms with Gasteiger partial charge in [0.2, 0.25) is 0 Å². The highest BCUT2D eigenvalue weighted by atomic mass is 32.2. The summed E-state index contributed by atoms with van der Waals surface area (Å²) in [4.78, 5) is 14.2. The van der Waals surface area contributed by atoms with E-state index in [1.807, 2.05) is 0 Å². The summed E-state index contributed by atoms with van der Waals surface area (Å²) in [7, 11) is -3.17. The van der Waals surface area contributed by atoms with Crippen molar-refractivity contribution in [2.24, 2.45) is 11.1 Å². The Morgan fingerprint density at radius 1 is 1.23 bits per heavy atom. The molecule has 0 aromatic heterocycles. The lowest BCUT2D eigenvalue weighted by atomic mass is 9.66. The number of nitrogens with one attached hydrogen (secondary N) is 1. The van der Waals surface area contributed by atoms with E-state index in [-0.39, 0.29) is 24.0 Å². The van der Waals surface area contributed by atoms with Gasteiger partial charge in [0.15, 0.2) is 9.84 Å². The molecule has 1 heterocycles. The van der Waals surface area contributed by atoms with Crippen molar-refractivity contribution >= 4 is 15.9 Å². The van der Waals surface area contributed by atoms with Crippen LogP contribution in [0.2, 0.25) is 0 Å². The normalized spacial score (nSPS) is 29.5. The van der Waals surface area contributed by atoms with Crippen molar-refractivity contribution in [2.75, 3.05) is 25.9 Å². The van der Waals surface area contributed by atoms with E-state index in [0.29, 0.717) is 25.9 Å². The summed E-state index contributed by atoms with van der Waals surface area (Å²) in [5.74, 6) is 0. The molecule has 3 rings (SSSR count). The summed E-state index contributed by atoms with van der Waals surface area (Å²) in [5.41, 5.74) is 6.32. The molecule has 3 aliphatic rings. The zero-order chi connectivity index (χ0) is 16.0. The van der Waals surface area contributed by atoms with Gasteiger partial charge in [-0.2, -0.15) is 0 Å². The number of rotatable bonds is 3. The summed E-state index contributed by atoms with van der Waals surface area (Å²) in [6.45, 7) is 1.52. The zero-order valence-corrected chi connectivity index (χ0v) is 14.1. The third kappa shape index (κ3) is 2.52. The lowest BCUT2D eigenvalue weighted by Gasteiger charge is -2.41. The number of nitrogens with zero attached hydrogens (tertiary/aromatic N) is 1. The second-order valence-corrected chi connectivity index (χ2v) is 9.93. The molecule has 22 heavy (non-hydrogen) atoms. The molecule has 3 fully saturated rings. The van der Waals surface area contributed by atoms with Crippen molar-refractivity contribution in [3.05, 3.63) is 0 Å². The Bertz CT molecular complexity index is 550. The minimum absolute atomic E-state index is 0.0577. The van der Waals surface area contributed by atoms with E-state index in [9.17, 15) is 13.2 Å². The van der Waals surface area contributed by atoms with Crippen molar-refractivity contribution < 1.29 is 13.2 Å². The molecule has 6 nitrogen and oxygen atoms in total. The largest absolute Gasteiger partial charge is 0.336 e. The average Bonchev–Trinajstić information content (AvgIpc) is 2.99.